The van der Waals surface area contributed by atoms with Crippen molar-refractivity contribution in [2.45, 2.75) is 25.1 Å². The molecule has 1 saturated heterocycles. The Kier molecular flexibility index (Phi) is 4.87. The molecule has 78 valence electrons. The van der Waals surface area contributed by atoms with Gasteiger partial charge in [-0.1, -0.05) is 13.3 Å². The number of hydrogen-bond acceptors (Lipinski definition) is 3. The van der Waals surface area contributed by atoms with Crippen molar-refractivity contribution in [3.05, 3.63) is 0 Å². The first-order valence-electron chi connectivity index (χ1n) is 4.80. The van der Waals surface area contributed by atoms with E-state index in [1.807, 2.05) is 6.92 Å². The second-order valence-electron chi connectivity index (χ2n) is 3.31. The molecule has 1 heterocycles. The number of rotatable bonds is 4. The first-order valence-corrected chi connectivity index (χ1v) is 5.97. The minimum Gasteiger partial charge on any atom is -0.314 e. The summed E-state index contributed by atoms with van der Waals surface area (Å²) in [5.74, 6) is 0. The molecule has 1 fully saturated rings. The highest BCUT2D eigenvalue weighted by atomic mass is 32.2. The van der Waals surface area contributed by atoms with Crippen LogP contribution in [0.2, 0.25) is 0 Å². The Balaban J connectivity index is 2.46. The third kappa shape index (κ3) is 3.34. The summed E-state index contributed by atoms with van der Waals surface area (Å²) in [5, 5.41) is 3.07. The van der Waals surface area contributed by atoms with Gasteiger partial charge in [0, 0.05) is 26.2 Å². The lowest BCUT2D eigenvalue weighted by molar-refractivity contribution is 0.208. The first kappa shape index (κ1) is 11.1. The Morgan fingerprint density at radius 2 is 2.15 bits per heavy atom. The Hall–Kier alpha value is 0.0300. The number of nitrogens with one attached hydrogen (secondary N) is 1. The molecule has 1 aliphatic heterocycles. The van der Waals surface area contributed by atoms with E-state index in [2.05, 4.69) is 10.2 Å². The maximum absolute atomic E-state index is 11.0. The van der Waals surface area contributed by atoms with E-state index < -0.39 is 11.1 Å². The third-order valence-corrected chi connectivity index (χ3v) is 3.33. The van der Waals surface area contributed by atoms with Crippen LogP contribution in [0, 0.1) is 0 Å². The van der Waals surface area contributed by atoms with E-state index in [-0.39, 0.29) is 5.37 Å². The molecule has 2 unspecified atom stereocenters. The van der Waals surface area contributed by atoms with Gasteiger partial charge >= 0.3 is 0 Å². The molecule has 2 atom stereocenters. The van der Waals surface area contributed by atoms with Crippen molar-refractivity contribution in [3.63, 3.8) is 0 Å². The van der Waals surface area contributed by atoms with Crippen LogP contribution in [-0.2, 0) is 11.1 Å². The summed E-state index contributed by atoms with van der Waals surface area (Å²) in [6.45, 7) is 5.67. The molecule has 0 aromatic carbocycles. The Morgan fingerprint density at radius 3 is 2.62 bits per heavy atom. The van der Waals surface area contributed by atoms with Gasteiger partial charge in [-0.15, -0.1) is 0 Å². The van der Waals surface area contributed by atoms with Crippen molar-refractivity contribution in [2.75, 3.05) is 26.2 Å². The summed E-state index contributed by atoms with van der Waals surface area (Å²) >= 11 is -1.70. The molecule has 13 heavy (non-hydrogen) atoms. The molecule has 5 heteroatoms. The van der Waals surface area contributed by atoms with Gasteiger partial charge in [-0.2, -0.15) is 0 Å². The van der Waals surface area contributed by atoms with Crippen molar-refractivity contribution in [1.82, 2.24) is 10.2 Å². The van der Waals surface area contributed by atoms with E-state index in [0.717, 1.165) is 39.0 Å². The highest BCUT2D eigenvalue weighted by Crippen LogP contribution is 2.10. The predicted octanol–water partition coefficient (Wildman–Crippen LogP) is 0.239. The fraction of sp³-hybridized carbons (Fsp3) is 1.00. The second-order valence-corrected chi connectivity index (χ2v) is 4.40. The largest absolute Gasteiger partial charge is 0.314 e. The molecule has 0 spiro atoms. The summed E-state index contributed by atoms with van der Waals surface area (Å²) in [7, 11) is 0. The van der Waals surface area contributed by atoms with Crippen molar-refractivity contribution < 1.29 is 8.76 Å². The van der Waals surface area contributed by atoms with Crippen LogP contribution in [0.4, 0.5) is 0 Å². The van der Waals surface area contributed by atoms with E-state index in [9.17, 15) is 4.21 Å². The zero-order chi connectivity index (χ0) is 9.68. The van der Waals surface area contributed by atoms with Crippen LogP contribution in [0.1, 0.15) is 19.8 Å². The molecule has 0 amide bonds. The summed E-state index contributed by atoms with van der Waals surface area (Å²) in [6.07, 6.45) is 1.77. The molecule has 0 aromatic rings. The SMILES string of the molecule is CCCC(N1CCNCC1)S(=O)O. The monoisotopic (exact) mass is 206 g/mol. The highest BCUT2D eigenvalue weighted by molar-refractivity contribution is 7.79. The fourth-order valence-corrected chi connectivity index (χ4v) is 2.53. The maximum atomic E-state index is 11.0. The zero-order valence-corrected chi connectivity index (χ0v) is 8.85. The lowest BCUT2D eigenvalue weighted by Crippen LogP contribution is -2.49. The molecule has 0 saturated carbocycles. The fourth-order valence-electron chi connectivity index (χ4n) is 1.63. The third-order valence-electron chi connectivity index (χ3n) is 2.33. The van der Waals surface area contributed by atoms with E-state index >= 15 is 0 Å². The molecule has 2 N–H and O–H groups in total. The molecule has 4 nitrogen and oxygen atoms in total. The summed E-state index contributed by atoms with van der Waals surface area (Å²) in [6, 6.07) is 0. The Labute approximate surface area is 82.0 Å². The molecule has 0 aliphatic carbocycles. The van der Waals surface area contributed by atoms with Gasteiger partial charge in [0.05, 0.1) is 0 Å². The van der Waals surface area contributed by atoms with Gasteiger partial charge in [0.15, 0.2) is 11.1 Å². The maximum Gasteiger partial charge on any atom is 0.170 e. The van der Waals surface area contributed by atoms with Crippen molar-refractivity contribution in [3.8, 4) is 0 Å². The van der Waals surface area contributed by atoms with Crippen LogP contribution in [0.5, 0.6) is 0 Å². The number of nitrogens with zero attached hydrogens (tertiary/aromatic N) is 1. The van der Waals surface area contributed by atoms with Crippen molar-refractivity contribution in [1.29, 1.82) is 0 Å². The van der Waals surface area contributed by atoms with E-state index in [0.29, 0.717) is 0 Å². The topological polar surface area (TPSA) is 52.6 Å². The lowest BCUT2D eigenvalue weighted by Gasteiger charge is -2.32. The van der Waals surface area contributed by atoms with Gasteiger partial charge in [0.2, 0.25) is 0 Å². The Bertz CT molecular complexity index is 172. The quantitative estimate of drug-likeness (QED) is 0.647. The molecule has 0 bridgehead atoms. The minimum absolute atomic E-state index is 0.160. The second kappa shape index (κ2) is 5.70. The van der Waals surface area contributed by atoms with Gasteiger partial charge in [-0.05, 0) is 6.42 Å². The van der Waals surface area contributed by atoms with Crippen LogP contribution in [0.25, 0.3) is 0 Å². The van der Waals surface area contributed by atoms with Gasteiger partial charge < -0.3 is 9.87 Å². The van der Waals surface area contributed by atoms with Crippen LogP contribution >= 0.6 is 0 Å². The zero-order valence-electron chi connectivity index (χ0n) is 8.03. The summed E-state index contributed by atoms with van der Waals surface area (Å²) < 4.78 is 20.1. The average molecular weight is 206 g/mol. The molecular weight excluding hydrogens is 188 g/mol. The summed E-state index contributed by atoms with van der Waals surface area (Å²) in [5.41, 5.74) is 0. The number of hydrogen-bond donors (Lipinski definition) is 2. The lowest BCUT2D eigenvalue weighted by atomic mass is 10.3. The molecule has 1 aliphatic rings. The smallest absolute Gasteiger partial charge is 0.170 e. The summed E-state index contributed by atoms with van der Waals surface area (Å²) in [4.78, 5) is 2.11. The van der Waals surface area contributed by atoms with Crippen LogP contribution in [0.15, 0.2) is 0 Å². The van der Waals surface area contributed by atoms with Crippen molar-refractivity contribution >= 4 is 11.1 Å². The highest BCUT2D eigenvalue weighted by Gasteiger charge is 2.23. The van der Waals surface area contributed by atoms with Crippen LogP contribution in [-0.4, -0.2) is 45.2 Å². The normalized spacial score (nSPS) is 24.2. The van der Waals surface area contributed by atoms with Gasteiger partial charge in [0.25, 0.3) is 0 Å². The molecule has 0 aromatic heterocycles. The van der Waals surface area contributed by atoms with E-state index in [4.69, 9.17) is 4.55 Å². The van der Waals surface area contributed by atoms with Crippen LogP contribution in [0.3, 0.4) is 0 Å². The van der Waals surface area contributed by atoms with E-state index in [1.54, 1.807) is 0 Å². The van der Waals surface area contributed by atoms with Crippen LogP contribution < -0.4 is 5.32 Å². The number of piperazine rings is 1. The van der Waals surface area contributed by atoms with Gasteiger partial charge in [0.1, 0.15) is 5.37 Å². The predicted molar refractivity (Wildman–Crippen MR) is 53.9 cm³/mol. The molecular formula is C8H18N2O2S. The van der Waals surface area contributed by atoms with E-state index in [1.165, 1.54) is 0 Å². The van der Waals surface area contributed by atoms with Gasteiger partial charge in [-0.3, -0.25) is 4.90 Å². The standard InChI is InChI=1S/C8H18N2O2S/c1-2-3-8(13(11)12)10-6-4-9-5-7-10/h8-9H,2-7H2,1H3,(H,11,12). The Morgan fingerprint density at radius 1 is 1.54 bits per heavy atom. The van der Waals surface area contributed by atoms with Gasteiger partial charge in [-0.25, -0.2) is 4.21 Å². The molecule has 0 radical (unpaired) electrons. The first-order chi connectivity index (χ1) is 6.25. The minimum atomic E-state index is -1.70. The molecule has 1 rings (SSSR count). The average Bonchev–Trinajstić information content (AvgIpc) is 2.15. The van der Waals surface area contributed by atoms with Crippen molar-refractivity contribution in [2.24, 2.45) is 0 Å².